The van der Waals surface area contributed by atoms with Crippen molar-refractivity contribution in [2.75, 3.05) is 5.73 Å². The summed E-state index contributed by atoms with van der Waals surface area (Å²) in [6, 6.07) is 3.59. The number of pyridine rings is 1. The molecule has 20 heavy (non-hydrogen) atoms. The first-order chi connectivity index (χ1) is 9.40. The average Bonchev–Trinajstić information content (AvgIpc) is 2.37. The smallest absolute Gasteiger partial charge is 0.338 e. The van der Waals surface area contributed by atoms with Crippen molar-refractivity contribution in [3.05, 3.63) is 45.3 Å². The summed E-state index contributed by atoms with van der Waals surface area (Å²) in [4.78, 5) is 14.8. The van der Waals surface area contributed by atoms with Crippen LogP contribution < -0.4 is 10.5 Å². The van der Waals surface area contributed by atoms with Crippen LogP contribution in [0.5, 0.6) is 11.6 Å². The fourth-order valence-electron chi connectivity index (χ4n) is 1.41. The predicted octanol–water partition coefficient (Wildman–Crippen LogP) is 3.71. The van der Waals surface area contributed by atoms with E-state index in [-0.39, 0.29) is 27.9 Å². The lowest BCUT2D eigenvalue weighted by Gasteiger charge is -2.10. The van der Waals surface area contributed by atoms with Gasteiger partial charge in [-0.25, -0.2) is 14.2 Å². The van der Waals surface area contributed by atoms with Crippen LogP contribution in [0.25, 0.3) is 0 Å². The van der Waals surface area contributed by atoms with Crippen LogP contribution >= 0.6 is 27.5 Å². The molecule has 0 fully saturated rings. The van der Waals surface area contributed by atoms with Crippen LogP contribution in [0, 0.1) is 5.82 Å². The molecule has 2 aromatic rings. The van der Waals surface area contributed by atoms with Crippen LogP contribution in [0.15, 0.2) is 28.9 Å². The van der Waals surface area contributed by atoms with Crippen molar-refractivity contribution in [2.24, 2.45) is 0 Å². The largest absolute Gasteiger partial charge is 0.478 e. The molecular formula is C12H7BrClFN2O3. The molecule has 0 aliphatic carbocycles. The summed E-state index contributed by atoms with van der Waals surface area (Å²) in [6.07, 6.45) is 1.23. The van der Waals surface area contributed by atoms with E-state index in [4.69, 9.17) is 27.2 Å². The first-order valence-corrected chi connectivity index (χ1v) is 6.37. The van der Waals surface area contributed by atoms with Gasteiger partial charge in [0.15, 0.2) is 0 Å². The molecule has 1 aromatic carbocycles. The van der Waals surface area contributed by atoms with Gasteiger partial charge in [-0.05, 0) is 28.1 Å². The zero-order chi connectivity index (χ0) is 14.9. The number of aromatic carboxylic acids is 1. The second-order valence-corrected chi connectivity index (χ2v) is 4.94. The third-order valence-electron chi connectivity index (χ3n) is 2.37. The number of nitrogen functional groups attached to an aromatic ring is 1. The van der Waals surface area contributed by atoms with E-state index in [2.05, 4.69) is 20.9 Å². The zero-order valence-electron chi connectivity index (χ0n) is 9.73. The van der Waals surface area contributed by atoms with Gasteiger partial charge in [0.25, 0.3) is 0 Å². The minimum atomic E-state index is -1.21. The van der Waals surface area contributed by atoms with Gasteiger partial charge in [-0.1, -0.05) is 11.6 Å². The van der Waals surface area contributed by atoms with E-state index in [0.717, 1.165) is 6.07 Å². The topological polar surface area (TPSA) is 85.4 Å². The number of carboxylic acid groups (broad SMARTS) is 1. The third kappa shape index (κ3) is 2.83. The average molecular weight is 362 g/mol. The Labute approximate surface area is 126 Å². The molecule has 0 unspecified atom stereocenters. The highest BCUT2D eigenvalue weighted by atomic mass is 79.9. The van der Waals surface area contributed by atoms with Crippen LogP contribution in [0.2, 0.25) is 5.02 Å². The standard InChI is InChI=1S/C12H7BrClFN2O3/c13-6-3-7(14)8(15)4-9(6)20-11-10(16)5(12(18)19)1-2-17-11/h1-4H,16H2,(H,18,19). The number of carbonyl (C=O) groups is 1. The highest BCUT2D eigenvalue weighted by molar-refractivity contribution is 9.10. The number of nitrogens with two attached hydrogens (primary N) is 1. The molecule has 5 nitrogen and oxygen atoms in total. The molecule has 0 saturated heterocycles. The van der Waals surface area contributed by atoms with E-state index < -0.39 is 11.8 Å². The highest BCUT2D eigenvalue weighted by Gasteiger charge is 2.16. The molecule has 1 heterocycles. The monoisotopic (exact) mass is 360 g/mol. The molecule has 0 aliphatic heterocycles. The molecule has 3 N–H and O–H groups in total. The maximum absolute atomic E-state index is 13.4. The number of hydrogen-bond donors (Lipinski definition) is 2. The van der Waals surface area contributed by atoms with Gasteiger partial charge in [-0.15, -0.1) is 0 Å². The summed E-state index contributed by atoms with van der Waals surface area (Å²) in [7, 11) is 0. The van der Waals surface area contributed by atoms with Crippen molar-refractivity contribution in [1.29, 1.82) is 0 Å². The number of aromatic nitrogens is 1. The molecule has 0 saturated carbocycles. The Balaban J connectivity index is 2.43. The van der Waals surface area contributed by atoms with E-state index in [0.29, 0.717) is 4.47 Å². The second kappa shape index (κ2) is 5.64. The lowest BCUT2D eigenvalue weighted by Crippen LogP contribution is -2.05. The second-order valence-electron chi connectivity index (χ2n) is 3.68. The van der Waals surface area contributed by atoms with Gasteiger partial charge in [0, 0.05) is 12.3 Å². The van der Waals surface area contributed by atoms with Gasteiger partial charge in [-0.3, -0.25) is 0 Å². The van der Waals surface area contributed by atoms with Crippen LogP contribution in [0.1, 0.15) is 10.4 Å². The number of nitrogens with zero attached hydrogens (tertiary/aromatic N) is 1. The van der Waals surface area contributed by atoms with E-state index in [1.54, 1.807) is 0 Å². The predicted molar refractivity (Wildman–Crippen MR) is 74.8 cm³/mol. The fourth-order valence-corrected chi connectivity index (χ4v) is 2.13. The molecule has 104 valence electrons. The number of carboxylic acids is 1. The molecule has 8 heteroatoms. The molecule has 0 amide bonds. The number of rotatable bonds is 3. The number of halogens is 3. The number of anilines is 1. The summed E-state index contributed by atoms with van der Waals surface area (Å²) in [6.45, 7) is 0. The molecule has 0 bridgehead atoms. The summed E-state index contributed by atoms with van der Waals surface area (Å²) in [5.41, 5.74) is 5.34. The Hall–Kier alpha value is -1.86. The molecule has 0 spiro atoms. The van der Waals surface area contributed by atoms with Crippen molar-refractivity contribution in [1.82, 2.24) is 4.98 Å². The maximum atomic E-state index is 13.4. The quantitative estimate of drug-likeness (QED) is 0.814. The third-order valence-corrected chi connectivity index (χ3v) is 3.27. The lowest BCUT2D eigenvalue weighted by molar-refractivity contribution is 0.0697. The Morgan fingerprint density at radius 3 is 2.85 bits per heavy atom. The first-order valence-electron chi connectivity index (χ1n) is 5.20. The minimum Gasteiger partial charge on any atom is -0.478 e. The van der Waals surface area contributed by atoms with Crippen LogP contribution in [-0.4, -0.2) is 16.1 Å². The van der Waals surface area contributed by atoms with E-state index in [1.807, 2.05) is 0 Å². The molecule has 0 atom stereocenters. The molecule has 0 aliphatic rings. The molecule has 0 radical (unpaired) electrons. The molecular weight excluding hydrogens is 354 g/mol. The van der Waals surface area contributed by atoms with Crippen molar-refractivity contribution >= 4 is 39.2 Å². The first kappa shape index (κ1) is 14.5. The van der Waals surface area contributed by atoms with E-state index in [9.17, 15) is 9.18 Å². The molecule has 2 rings (SSSR count). The van der Waals surface area contributed by atoms with Gasteiger partial charge >= 0.3 is 5.97 Å². The Morgan fingerprint density at radius 1 is 1.50 bits per heavy atom. The van der Waals surface area contributed by atoms with Crippen molar-refractivity contribution in [3.8, 4) is 11.6 Å². The minimum absolute atomic E-state index is 0.0774. The van der Waals surface area contributed by atoms with Crippen molar-refractivity contribution in [3.63, 3.8) is 0 Å². The van der Waals surface area contributed by atoms with Crippen LogP contribution in [0.3, 0.4) is 0 Å². The Morgan fingerprint density at radius 2 is 2.20 bits per heavy atom. The summed E-state index contributed by atoms with van der Waals surface area (Å²) in [5.74, 6) is -1.95. The Bertz CT molecular complexity index is 697. The summed E-state index contributed by atoms with van der Waals surface area (Å²) >= 11 is 8.76. The number of hydrogen-bond acceptors (Lipinski definition) is 4. The van der Waals surface area contributed by atoms with Crippen molar-refractivity contribution in [2.45, 2.75) is 0 Å². The highest BCUT2D eigenvalue weighted by Crippen LogP contribution is 2.35. The van der Waals surface area contributed by atoms with Gasteiger partial charge in [0.1, 0.15) is 17.3 Å². The normalized spacial score (nSPS) is 10.3. The zero-order valence-corrected chi connectivity index (χ0v) is 12.1. The van der Waals surface area contributed by atoms with Crippen LogP contribution in [0.4, 0.5) is 10.1 Å². The fraction of sp³-hybridized carbons (Fsp3) is 0. The van der Waals surface area contributed by atoms with Crippen molar-refractivity contribution < 1.29 is 19.0 Å². The summed E-state index contributed by atoms with van der Waals surface area (Å²) < 4.78 is 19.1. The van der Waals surface area contributed by atoms with Gasteiger partial charge in [0.05, 0.1) is 15.1 Å². The van der Waals surface area contributed by atoms with E-state index in [1.165, 1.54) is 18.3 Å². The van der Waals surface area contributed by atoms with E-state index >= 15 is 0 Å². The van der Waals surface area contributed by atoms with Gasteiger partial charge in [0.2, 0.25) is 5.88 Å². The van der Waals surface area contributed by atoms with Gasteiger partial charge < -0.3 is 15.6 Å². The maximum Gasteiger partial charge on any atom is 0.338 e. The molecule has 1 aromatic heterocycles. The number of benzene rings is 1. The summed E-state index contributed by atoms with van der Waals surface area (Å²) in [5, 5.41) is 8.86. The van der Waals surface area contributed by atoms with Crippen LogP contribution in [-0.2, 0) is 0 Å². The Kier molecular flexibility index (Phi) is 4.10. The van der Waals surface area contributed by atoms with Gasteiger partial charge in [-0.2, -0.15) is 0 Å². The lowest BCUT2D eigenvalue weighted by atomic mass is 10.2. The number of ether oxygens (including phenoxy) is 1. The SMILES string of the molecule is Nc1c(C(=O)O)ccnc1Oc1cc(F)c(Cl)cc1Br.